The quantitative estimate of drug-likeness (QED) is 0.428. The molecule has 1 fully saturated rings. The van der Waals surface area contributed by atoms with Gasteiger partial charge in [-0.2, -0.15) is 8.78 Å². The molecule has 0 atom stereocenters. The molecule has 1 aliphatic heterocycles. The maximum absolute atomic E-state index is 13.1. The summed E-state index contributed by atoms with van der Waals surface area (Å²) in [4.78, 5) is 30.0. The van der Waals surface area contributed by atoms with E-state index >= 15 is 0 Å². The molecule has 7 nitrogen and oxygen atoms in total. The predicted octanol–water partition coefficient (Wildman–Crippen LogP) is 4.35. The van der Waals surface area contributed by atoms with E-state index in [1.54, 1.807) is 6.07 Å². The second kappa shape index (κ2) is 9.71. The molecule has 1 saturated heterocycles. The minimum absolute atomic E-state index is 0.0104. The highest BCUT2D eigenvalue weighted by Crippen LogP contribution is 2.30. The lowest BCUT2D eigenvalue weighted by Crippen LogP contribution is -2.47. The fourth-order valence-electron chi connectivity index (χ4n) is 4.17. The monoisotopic (exact) mass is 475 g/mol. The van der Waals surface area contributed by atoms with E-state index in [1.807, 2.05) is 47.4 Å². The summed E-state index contributed by atoms with van der Waals surface area (Å²) in [5.74, 6) is -0.133. The Morgan fingerprint density at radius 2 is 1.71 bits per heavy atom. The number of rotatable bonds is 5. The number of amides is 1. The highest BCUT2D eigenvalue weighted by Gasteiger charge is 2.21. The van der Waals surface area contributed by atoms with Crippen LogP contribution in [0.15, 0.2) is 67.1 Å². The van der Waals surface area contributed by atoms with Gasteiger partial charge in [0.25, 0.3) is 5.91 Å². The van der Waals surface area contributed by atoms with Gasteiger partial charge in [0.15, 0.2) is 0 Å². The van der Waals surface area contributed by atoms with E-state index in [4.69, 9.17) is 0 Å². The Labute approximate surface area is 201 Å². The molecule has 0 saturated carbocycles. The first-order valence-corrected chi connectivity index (χ1v) is 11.2. The summed E-state index contributed by atoms with van der Waals surface area (Å²) in [6.45, 7) is 0.194. The Bertz CT molecular complexity index is 1360. The summed E-state index contributed by atoms with van der Waals surface area (Å²) in [5.41, 5.74) is 4.45. The zero-order chi connectivity index (χ0) is 24.4. The number of hydrogen-bond donors (Lipinski definition) is 0. The second-order valence-corrected chi connectivity index (χ2v) is 8.39. The van der Waals surface area contributed by atoms with Crippen LogP contribution in [0.3, 0.4) is 0 Å². The number of carbonyl (C=O) groups excluding carboxylic acids is 1. The van der Waals surface area contributed by atoms with E-state index in [0.29, 0.717) is 24.3 Å². The molecule has 35 heavy (non-hydrogen) atoms. The van der Waals surface area contributed by atoms with Crippen LogP contribution >= 0.6 is 0 Å². The standard InChI is InChI=1S/C26H23F2N5O2/c1-32-9-11-33(12-10-32)25(34)19-4-2-3-18(13-19)24-21-14-17(5-7-22(21)30-16-31-24)20-6-8-23(29-15-20)35-26(27)28/h2-8,13-16,26H,9-12H2,1H3. The predicted molar refractivity (Wildman–Crippen MR) is 128 cm³/mol. The van der Waals surface area contributed by atoms with E-state index in [1.165, 1.54) is 18.6 Å². The normalized spacial score (nSPS) is 14.5. The van der Waals surface area contributed by atoms with Crippen molar-refractivity contribution < 1.29 is 18.3 Å². The molecule has 1 amide bonds. The molecule has 0 spiro atoms. The van der Waals surface area contributed by atoms with Crippen molar-refractivity contribution in [2.75, 3.05) is 33.2 Å². The molecule has 0 unspecified atom stereocenters. The molecule has 0 radical (unpaired) electrons. The van der Waals surface area contributed by atoms with Crippen LogP contribution in [0.4, 0.5) is 8.78 Å². The van der Waals surface area contributed by atoms with Gasteiger partial charge in [0, 0.05) is 60.5 Å². The molecule has 2 aromatic heterocycles. The Morgan fingerprint density at radius 1 is 0.914 bits per heavy atom. The summed E-state index contributed by atoms with van der Waals surface area (Å²) in [5, 5.41) is 0.808. The zero-order valence-corrected chi connectivity index (χ0v) is 19.1. The third kappa shape index (κ3) is 4.95. The third-order valence-electron chi connectivity index (χ3n) is 6.09. The van der Waals surface area contributed by atoms with Crippen molar-refractivity contribution in [2.45, 2.75) is 6.61 Å². The Balaban J connectivity index is 1.48. The van der Waals surface area contributed by atoms with Crippen molar-refractivity contribution in [3.63, 3.8) is 0 Å². The molecule has 3 heterocycles. The largest absolute Gasteiger partial charge is 0.417 e. The number of likely N-dealkylation sites (N-methyl/N-ethyl adjacent to an activating group) is 1. The van der Waals surface area contributed by atoms with Gasteiger partial charge in [-0.05, 0) is 42.9 Å². The van der Waals surface area contributed by atoms with Crippen LogP contribution < -0.4 is 4.74 Å². The molecular formula is C26H23F2N5O2. The minimum Gasteiger partial charge on any atom is -0.417 e. The van der Waals surface area contributed by atoms with E-state index < -0.39 is 6.61 Å². The number of nitrogens with zero attached hydrogens (tertiary/aromatic N) is 5. The van der Waals surface area contributed by atoms with Gasteiger partial charge in [-0.15, -0.1) is 0 Å². The summed E-state index contributed by atoms with van der Waals surface area (Å²) in [6, 6.07) is 16.3. The first-order chi connectivity index (χ1) is 17.0. The van der Waals surface area contributed by atoms with Gasteiger partial charge in [0.05, 0.1) is 11.2 Å². The van der Waals surface area contributed by atoms with Crippen molar-refractivity contribution in [1.82, 2.24) is 24.8 Å². The van der Waals surface area contributed by atoms with Gasteiger partial charge in [0.1, 0.15) is 6.33 Å². The number of hydrogen-bond acceptors (Lipinski definition) is 6. The summed E-state index contributed by atoms with van der Waals surface area (Å²) in [6.07, 6.45) is 2.99. The molecule has 0 N–H and O–H groups in total. The van der Waals surface area contributed by atoms with Crippen molar-refractivity contribution in [2.24, 2.45) is 0 Å². The topological polar surface area (TPSA) is 71.5 Å². The lowest BCUT2D eigenvalue weighted by molar-refractivity contribution is -0.0528. The van der Waals surface area contributed by atoms with Gasteiger partial charge in [-0.25, -0.2) is 15.0 Å². The number of pyridine rings is 1. The second-order valence-electron chi connectivity index (χ2n) is 8.39. The molecule has 4 aromatic rings. The number of halogens is 2. The highest BCUT2D eigenvalue weighted by molar-refractivity contribution is 5.98. The number of fused-ring (bicyclic) bond motifs is 1. The van der Waals surface area contributed by atoms with Crippen LogP contribution in [-0.2, 0) is 0 Å². The smallest absolute Gasteiger partial charge is 0.388 e. The molecule has 5 rings (SSSR count). The average molecular weight is 475 g/mol. The third-order valence-corrected chi connectivity index (χ3v) is 6.09. The van der Waals surface area contributed by atoms with E-state index in [2.05, 4.69) is 31.6 Å². The van der Waals surface area contributed by atoms with E-state index in [0.717, 1.165) is 40.7 Å². The van der Waals surface area contributed by atoms with Crippen LogP contribution in [0, 0.1) is 0 Å². The zero-order valence-electron chi connectivity index (χ0n) is 19.1. The average Bonchev–Trinajstić information content (AvgIpc) is 2.88. The van der Waals surface area contributed by atoms with Crippen molar-refractivity contribution in [3.05, 3.63) is 72.7 Å². The SMILES string of the molecule is CN1CCN(C(=O)c2cccc(-c3ncnc4ccc(-c5ccc(OC(F)F)nc5)cc34)c2)CC1. The minimum atomic E-state index is -2.92. The molecule has 9 heteroatoms. The molecule has 178 valence electrons. The van der Waals surface area contributed by atoms with Crippen LogP contribution in [-0.4, -0.2) is 70.5 Å². The summed E-state index contributed by atoms with van der Waals surface area (Å²) in [7, 11) is 2.05. The number of aromatic nitrogens is 3. The van der Waals surface area contributed by atoms with Gasteiger partial charge in [-0.3, -0.25) is 4.79 Å². The first-order valence-electron chi connectivity index (χ1n) is 11.2. The molecular weight excluding hydrogens is 452 g/mol. The van der Waals surface area contributed by atoms with Gasteiger partial charge in [-0.1, -0.05) is 18.2 Å². The number of alkyl halides is 2. The van der Waals surface area contributed by atoms with Crippen LogP contribution in [0.5, 0.6) is 5.88 Å². The maximum atomic E-state index is 13.1. The molecule has 0 aliphatic carbocycles. The summed E-state index contributed by atoms with van der Waals surface area (Å²) >= 11 is 0. The fraction of sp³-hybridized carbons (Fsp3) is 0.231. The van der Waals surface area contributed by atoms with Crippen molar-refractivity contribution >= 4 is 16.8 Å². The lowest BCUT2D eigenvalue weighted by Gasteiger charge is -2.32. The van der Waals surface area contributed by atoms with Crippen molar-refractivity contribution in [1.29, 1.82) is 0 Å². The lowest BCUT2D eigenvalue weighted by atomic mass is 10.00. The molecule has 1 aliphatic rings. The first kappa shape index (κ1) is 22.8. The summed E-state index contributed by atoms with van der Waals surface area (Å²) < 4.78 is 29.2. The van der Waals surface area contributed by atoms with Crippen LogP contribution in [0.1, 0.15) is 10.4 Å². The number of ether oxygens (including phenoxy) is 1. The van der Waals surface area contributed by atoms with Gasteiger partial charge >= 0.3 is 6.61 Å². The Morgan fingerprint density at radius 3 is 2.46 bits per heavy atom. The fourth-order valence-corrected chi connectivity index (χ4v) is 4.17. The Kier molecular flexibility index (Phi) is 6.33. The van der Waals surface area contributed by atoms with Crippen molar-refractivity contribution in [3.8, 4) is 28.3 Å². The van der Waals surface area contributed by atoms with E-state index in [-0.39, 0.29) is 11.8 Å². The number of piperazine rings is 1. The van der Waals surface area contributed by atoms with Crippen LogP contribution in [0.25, 0.3) is 33.3 Å². The molecule has 2 aromatic carbocycles. The van der Waals surface area contributed by atoms with Crippen LogP contribution in [0.2, 0.25) is 0 Å². The van der Waals surface area contributed by atoms with Gasteiger partial charge < -0.3 is 14.5 Å². The van der Waals surface area contributed by atoms with Gasteiger partial charge in [0.2, 0.25) is 5.88 Å². The number of benzene rings is 2. The Hall–Kier alpha value is -3.98. The molecule has 0 bridgehead atoms. The maximum Gasteiger partial charge on any atom is 0.388 e. The number of carbonyl (C=O) groups is 1. The highest BCUT2D eigenvalue weighted by atomic mass is 19.3. The van der Waals surface area contributed by atoms with E-state index in [9.17, 15) is 13.6 Å².